The summed E-state index contributed by atoms with van der Waals surface area (Å²) in [6.45, 7) is 1.38. The van der Waals surface area contributed by atoms with Crippen LogP contribution in [0.2, 0.25) is 0 Å². The molecule has 0 spiro atoms. The Labute approximate surface area is 133 Å². The Kier molecular flexibility index (Phi) is 4.69. The maximum Gasteiger partial charge on any atom is 0.222 e. The molecule has 0 unspecified atom stereocenters. The summed E-state index contributed by atoms with van der Waals surface area (Å²) in [7, 11) is 0. The molecule has 0 atom stereocenters. The van der Waals surface area contributed by atoms with Crippen molar-refractivity contribution in [1.82, 2.24) is 14.5 Å². The molecule has 1 fully saturated rings. The molecule has 2 aromatic rings. The molecule has 1 saturated heterocycles. The zero-order valence-electron chi connectivity index (χ0n) is 12.8. The lowest BCUT2D eigenvalue weighted by atomic mass is 10.0. The molecule has 6 heteroatoms. The van der Waals surface area contributed by atoms with Crippen LogP contribution in [0, 0.1) is 11.6 Å². The lowest BCUT2D eigenvalue weighted by Gasteiger charge is -2.32. The molecule has 0 radical (unpaired) electrons. The number of piperidine rings is 1. The van der Waals surface area contributed by atoms with Gasteiger partial charge < -0.3 is 9.47 Å². The summed E-state index contributed by atoms with van der Waals surface area (Å²) >= 11 is 0. The number of aromatic nitrogens is 2. The van der Waals surface area contributed by atoms with Gasteiger partial charge in [-0.3, -0.25) is 4.79 Å². The molecular formula is C17H19F2N3O. The summed E-state index contributed by atoms with van der Waals surface area (Å²) in [5, 5.41) is 0. The summed E-state index contributed by atoms with van der Waals surface area (Å²) in [5.41, 5.74) is 0.256. The van der Waals surface area contributed by atoms with Gasteiger partial charge in [0.2, 0.25) is 5.91 Å². The molecule has 4 nitrogen and oxygen atoms in total. The van der Waals surface area contributed by atoms with E-state index in [1.807, 2.05) is 11.1 Å². The highest BCUT2D eigenvalue weighted by molar-refractivity contribution is 5.76. The second kappa shape index (κ2) is 6.89. The molecule has 1 amide bonds. The van der Waals surface area contributed by atoms with Crippen LogP contribution in [0.1, 0.15) is 30.9 Å². The minimum Gasteiger partial charge on any atom is -0.343 e. The summed E-state index contributed by atoms with van der Waals surface area (Å²) < 4.78 is 28.8. The zero-order valence-corrected chi connectivity index (χ0v) is 12.8. The third kappa shape index (κ3) is 3.75. The van der Waals surface area contributed by atoms with E-state index in [1.54, 1.807) is 12.5 Å². The van der Waals surface area contributed by atoms with E-state index in [4.69, 9.17) is 0 Å². The van der Waals surface area contributed by atoms with Crippen LogP contribution in [0.5, 0.6) is 0 Å². The second-order valence-electron chi connectivity index (χ2n) is 5.86. The van der Waals surface area contributed by atoms with Gasteiger partial charge in [0.1, 0.15) is 11.6 Å². The molecule has 23 heavy (non-hydrogen) atoms. The number of nitrogens with zero attached hydrogens (tertiary/aromatic N) is 3. The standard InChI is InChI=1S/C17H19F2N3O/c18-14-2-3-16(19)13(11-14)1-4-17(23)21-8-5-15(6-9-21)22-10-7-20-12-22/h2-3,7,10-12,15H,1,4-6,8-9H2. The Morgan fingerprint density at radius 3 is 2.74 bits per heavy atom. The van der Waals surface area contributed by atoms with Gasteiger partial charge in [-0.25, -0.2) is 13.8 Å². The molecule has 122 valence electrons. The van der Waals surface area contributed by atoms with Gasteiger partial charge in [-0.2, -0.15) is 0 Å². The van der Waals surface area contributed by atoms with E-state index >= 15 is 0 Å². The summed E-state index contributed by atoms with van der Waals surface area (Å²) in [4.78, 5) is 18.1. The lowest BCUT2D eigenvalue weighted by Crippen LogP contribution is -2.39. The maximum atomic E-state index is 13.6. The van der Waals surface area contributed by atoms with Gasteiger partial charge in [0.25, 0.3) is 0 Å². The van der Waals surface area contributed by atoms with E-state index < -0.39 is 11.6 Å². The number of imidazole rings is 1. The first kappa shape index (κ1) is 15.6. The molecule has 0 aliphatic carbocycles. The summed E-state index contributed by atoms with van der Waals surface area (Å²) in [6.07, 6.45) is 7.70. The Morgan fingerprint density at radius 1 is 1.26 bits per heavy atom. The van der Waals surface area contributed by atoms with Gasteiger partial charge in [-0.1, -0.05) is 0 Å². The van der Waals surface area contributed by atoms with Crippen LogP contribution in [0.4, 0.5) is 8.78 Å². The highest BCUT2D eigenvalue weighted by atomic mass is 19.1. The number of hydrogen-bond acceptors (Lipinski definition) is 2. The largest absolute Gasteiger partial charge is 0.343 e. The third-order valence-electron chi connectivity index (χ3n) is 4.38. The van der Waals surface area contributed by atoms with Crippen molar-refractivity contribution in [3.63, 3.8) is 0 Å². The normalized spacial score (nSPS) is 15.8. The van der Waals surface area contributed by atoms with Crippen LogP contribution in [-0.2, 0) is 11.2 Å². The Balaban J connectivity index is 1.51. The van der Waals surface area contributed by atoms with Gasteiger partial charge >= 0.3 is 0 Å². The van der Waals surface area contributed by atoms with Crippen LogP contribution in [0.3, 0.4) is 0 Å². The van der Waals surface area contributed by atoms with Gasteiger partial charge in [-0.15, -0.1) is 0 Å². The van der Waals surface area contributed by atoms with Crippen molar-refractivity contribution >= 4 is 5.91 Å². The molecule has 1 aliphatic heterocycles. The van der Waals surface area contributed by atoms with Crippen LogP contribution in [0.15, 0.2) is 36.9 Å². The van der Waals surface area contributed by atoms with E-state index in [0.29, 0.717) is 19.1 Å². The number of hydrogen-bond donors (Lipinski definition) is 0. The minimum absolute atomic E-state index is 0.00209. The van der Waals surface area contributed by atoms with Gasteiger partial charge in [0.15, 0.2) is 0 Å². The Hall–Kier alpha value is -2.24. The predicted molar refractivity (Wildman–Crippen MR) is 81.8 cm³/mol. The predicted octanol–water partition coefficient (Wildman–Crippen LogP) is 2.96. The van der Waals surface area contributed by atoms with Gasteiger partial charge in [-0.05, 0) is 43.0 Å². The van der Waals surface area contributed by atoms with Crippen molar-refractivity contribution in [2.24, 2.45) is 0 Å². The van der Waals surface area contributed by atoms with Crippen LogP contribution < -0.4 is 0 Å². The van der Waals surface area contributed by atoms with E-state index in [0.717, 1.165) is 31.0 Å². The number of rotatable bonds is 4. The molecular weight excluding hydrogens is 300 g/mol. The highest BCUT2D eigenvalue weighted by Crippen LogP contribution is 2.23. The first-order chi connectivity index (χ1) is 11.1. The first-order valence-corrected chi connectivity index (χ1v) is 7.82. The molecule has 0 bridgehead atoms. The van der Waals surface area contributed by atoms with Crippen LogP contribution in [-0.4, -0.2) is 33.4 Å². The third-order valence-corrected chi connectivity index (χ3v) is 4.38. The monoisotopic (exact) mass is 319 g/mol. The molecule has 0 saturated carbocycles. The van der Waals surface area contributed by atoms with Crippen molar-refractivity contribution in [3.05, 3.63) is 54.1 Å². The Morgan fingerprint density at radius 2 is 2.04 bits per heavy atom. The summed E-state index contributed by atoms with van der Waals surface area (Å²) in [5.74, 6) is -0.939. The zero-order chi connectivity index (χ0) is 16.2. The molecule has 1 aromatic heterocycles. The van der Waals surface area contributed by atoms with Gasteiger partial charge in [0.05, 0.1) is 6.33 Å². The molecule has 2 heterocycles. The average Bonchev–Trinajstić information content (AvgIpc) is 3.10. The minimum atomic E-state index is -0.477. The SMILES string of the molecule is O=C(CCc1cc(F)ccc1F)N1CCC(n2ccnc2)CC1. The van der Waals surface area contributed by atoms with Crippen molar-refractivity contribution in [2.45, 2.75) is 31.7 Å². The number of carbonyl (C=O) groups excluding carboxylic acids is 1. The Bertz CT molecular complexity index is 664. The van der Waals surface area contributed by atoms with Crippen LogP contribution in [0.25, 0.3) is 0 Å². The number of likely N-dealkylation sites (tertiary alicyclic amines) is 1. The fraction of sp³-hybridized carbons (Fsp3) is 0.412. The van der Waals surface area contributed by atoms with Crippen molar-refractivity contribution < 1.29 is 13.6 Å². The van der Waals surface area contributed by atoms with Crippen molar-refractivity contribution in [2.75, 3.05) is 13.1 Å². The van der Waals surface area contributed by atoms with Crippen molar-refractivity contribution in [3.8, 4) is 0 Å². The van der Waals surface area contributed by atoms with Crippen LogP contribution >= 0.6 is 0 Å². The molecule has 0 N–H and O–H groups in total. The van der Waals surface area contributed by atoms with E-state index in [9.17, 15) is 13.6 Å². The maximum absolute atomic E-state index is 13.6. The fourth-order valence-corrected chi connectivity index (χ4v) is 3.03. The second-order valence-corrected chi connectivity index (χ2v) is 5.86. The fourth-order valence-electron chi connectivity index (χ4n) is 3.03. The van der Waals surface area contributed by atoms with E-state index in [2.05, 4.69) is 9.55 Å². The van der Waals surface area contributed by atoms with Gasteiger partial charge in [0, 0.05) is 37.9 Å². The number of carbonyl (C=O) groups is 1. The smallest absolute Gasteiger partial charge is 0.222 e. The van der Waals surface area contributed by atoms with Crippen molar-refractivity contribution in [1.29, 1.82) is 0 Å². The quantitative estimate of drug-likeness (QED) is 0.869. The molecule has 1 aromatic carbocycles. The number of benzene rings is 1. The van der Waals surface area contributed by atoms with E-state index in [1.165, 1.54) is 0 Å². The number of amides is 1. The first-order valence-electron chi connectivity index (χ1n) is 7.82. The lowest BCUT2D eigenvalue weighted by molar-refractivity contribution is -0.132. The number of aryl methyl sites for hydroxylation is 1. The van der Waals surface area contributed by atoms with E-state index in [-0.39, 0.29) is 24.3 Å². The topological polar surface area (TPSA) is 38.1 Å². The molecule has 3 rings (SSSR count). The highest BCUT2D eigenvalue weighted by Gasteiger charge is 2.23. The summed E-state index contributed by atoms with van der Waals surface area (Å²) in [6, 6.07) is 3.73. The average molecular weight is 319 g/mol. The molecule has 1 aliphatic rings. The number of halogens is 2.